The van der Waals surface area contributed by atoms with Crippen LogP contribution < -0.4 is 9.64 Å². The summed E-state index contributed by atoms with van der Waals surface area (Å²) < 4.78 is 7.35. The lowest BCUT2D eigenvalue weighted by atomic mass is 9.85. The first-order chi connectivity index (χ1) is 24.6. The number of nitrogens with one attached hydrogen (secondary N) is 1. The fraction of sp³-hybridized carbons (Fsp3) is 0.421. The lowest BCUT2D eigenvalue weighted by Crippen LogP contribution is -2.51. The predicted molar refractivity (Wildman–Crippen MR) is 196 cm³/mol. The highest BCUT2D eigenvalue weighted by Gasteiger charge is 2.51. The van der Waals surface area contributed by atoms with Gasteiger partial charge in [0, 0.05) is 86.7 Å². The average molecular weight is 691 g/mol. The monoisotopic (exact) mass is 690 g/mol. The summed E-state index contributed by atoms with van der Waals surface area (Å²) in [5.74, 6) is 1.52. The lowest BCUT2D eigenvalue weighted by Gasteiger charge is -2.37. The number of carbonyl (C=O) groups excluding carboxylic acids is 2. The van der Waals surface area contributed by atoms with Crippen molar-refractivity contribution in [2.75, 3.05) is 57.3 Å². The van der Waals surface area contributed by atoms with Gasteiger partial charge in [-0.05, 0) is 82.6 Å². The Morgan fingerprint density at radius 3 is 2.45 bits per heavy atom. The fourth-order valence-electron chi connectivity index (χ4n) is 7.32. The molecule has 3 aromatic heterocycles. The highest BCUT2D eigenvalue weighted by atomic mass is 16.5. The summed E-state index contributed by atoms with van der Waals surface area (Å²) >= 11 is 0. The molecule has 6 heterocycles. The van der Waals surface area contributed by atoms with Crippen LogP contribution >= 0.6 is 0 Å². The molecule has 51 heavy (non-hydrogen) atoms. The van der Waals surface area contributed by atoms with Crippen LogP contribution in [0.1, 0.15) is 37.9 Å². The van der Waals surface area contributed by atoms with Crippen molar-refractivity contribution in [1.82, 2.24) is 44.6 Å². The standard InChI is InChI=1S/C38H46N10O3/c1-26(2)51-33-13-9-30(22-39-33)35-28(4)32(41-42-35)12-6-27(3)48-17-15-38(37(48)50)14-16-45(24-38)23-34(49)47-20-18-46(19-21-47)31-10-7-29(8-11-31)36-40-25-44(5)43-36/h6-13,22,25-26H,3,14-21,23-24H2,1-2,4-5H3,(H,41,42)/b12-6-/t38-/m0/s1. The Hall–Kier alpha value is -5.30. The third kappa shape index (κ3) is 7.16. The fourth-order valence-corrected chi connectivity index (χ4v) is 7.32. The summed E-state index contributed by atoms with van der Waals surface area (Å²) in [6.07, 6.45) is 8.82. The normalized spacial score (nSPS) is 19.7. The largest absolute Gasteiger partial charge is 0.475 e. The molecule has 2 amide bonds. The van der Waals surface area contributed by atoms with E-state index in [0.717, 1.165) is 66.2 Å². The molecule has 0 aliphatic carbocycles. The van der Waals surface area contributed by atoms with Crippen molar-refractivity contribution in [3.05, 3.63) is 78.5 Å². The number of anilines is 1. The summed E-state index contributed by atoms with van der Waals surface area (Å²) in [5.41, 5.74) is 5.82. The molecule has 1 atom stereocenters. The van der Waals surface area contributed by atoms with Crippen LogP contribution in [-0.2, 0) is 16.6 Å². The van der Waals surface area contributed by atoms with Crippen LogP contribution in [-0.4, -0.2) is 115 Å². The van der Waals surface area contributed by atoms with E-state index in [1.165, 1.54) is 0 Å². The number of nitrogens with zero attached hydrogens (tertiary/aromatic N) is 9. The molecule has 1 aromatic carbocycles. The number of rotatable bonds is 10. The number of aromatic amines is 1. The summed E-state index contributed by atoms with van der Waals surface area (Å²) in [5, 5.41) is 12.0. The van der Waals surface area contributed by atoms with Crippen LogP contribution in [0.5, 0.6) is 5.88 Å². The molecule has 0 bridgehead atoms. The summed E-state index contributed by atoms with van der Waals surface area (Å²) in [6, 6.07) is 12.1. The number of likely N-dealkylation sites (tertiary alicyclic amines) is 2. The molecule has 1 N–H and O–H groups in total. The maximum atomic E-state index is 13.8. The second kappa shape index (κ2) is 14.1. The molecule has 3 aliphatic heterocycles. The van der Waals surface area contributed by atoms with E-state index in [9.17, 15) is 9.59 Å². The molecule has 0 saturated carbocycles. The van der Waals surface area contributed by atoms with E-state index in [-0.39, 0.29) is 17.9 Å². The summed E-state index contributed by atoms with van der Waals surface area (Å²) in [7, 11) is 1.86. The highest BCUT2D eigenvalue weighted by Crippen LogP contribution is 2.42. The van der Waals surface area contributed by atoms with E-state index in [1.807, 2.05) is 69.1 Å². The zero-order valence-electron chi connectivity index (χ0n) is 29.9. The average Bonchev–Trinajstić information content (AvgIpc) is 3.92. The Labute approximate surface area is 298 Å². The Morgan fingerprint density at radius 2 is 1.76 bits per heavy atom. The molecule has 1 spiro atoms. The first-order valence-corrected chi connectivity index (χ1v) is 17.7. The number of allylic oxidation sites excluding steroid dienone is 1. The van der Waals surface area contributed by atoms with Gasteiger partial charge in [0.1, 0.15) is 6.33 Å². The van der Waals surface area contributed by atoms with Crippen molar-refractivity contribution in [2.45, 2.75) is 39.7 Å². The van der Waals surface area contributed by atoms with Gasteiger partial charge >= 0.3 is 0 Å². The number of carbonyl (C=O) groups is 2. The molecular formula is C38H46N10O3. The van der Waals surface area contributed by atoms with Gasteiger partial charge in [0.05, 0.1) is 29.5 Å². The van der Waals surface area contributed by atoms with Gasteiger partial charge < -0.3 is 19.4 Å². The minimum absolute atomic E-state index is 0.0558. The number of aromatic nitrogens is 6. The molecule has 0 unspecified atom stereocenters. The number of hydrogen-bond acceptors (Lipinski definition) is 9. The van der Waals surface area contributed by atoms with E-state index in [4.69, 9.17) is 4.74 Å². The SMILES string of the molecule is C=C(/C=C\c1[nH]nc(-c2ccc(OC(C)C)nc2)c1C)N1CC[C@]2(CCN(CC(=O)N3CCN(c4ccc(-c5ncn(C)n5)cc4)CC3)C2)C1=O. The van der Waals surface area contributed by atoms with Gasteiger partial charge in [0.15, 0.2) is 5.82 Å². The third-order valence-corrected chi connectivity index (χ3v) is 10.2. The second-order valence-electron chi connectivity index (χ2n) is 14.1. The number of aryl methyl sites for hydroxylation is 1. The van der Waals surface area contributed by atoms with Gasteiger partial charge in [-0.1, -0.05) is 6.58 Å². The molecule has 3 aliphatic rings. The van der Waals surface area contributed by atoms with Gasteiger partial charge in [0.2, 0.25) is 17.7 Å². The van der Waals surface area contributed by atoms with E-state index in [0.29, 0.717) is 50.1 Å². The Kier molecular flexibility index (Phi) is 9.47. The molecule has 266 valence electrons. The molecule has 4 aromatic rings. The van der Waals surface area contributed by atoms with Gasteiger partial charge in [-0.3, -0.25) is 24.3 Å². The van der Waals surface area contributed by atoms with Gasteiger partial charge in [-0.15, -0.1) is 0 Å². The molecule has 0 radical (unpaired) electrons. The van der Waals surface area contributed by atoms with E-state index < -0.39 is 5.41 Å². The maximum absolute atomic E-state index is 13.8. The Balaban J connectivity index is 0.890. The molecule has 3 saturated heterocycles. The van der Waals surface area contributed by atoms with Crippen LogP contribution in [0.4, 0.5) is 5.69 Å². The molecule has 3 fully saturated rings. The van der Waals surface area contributed by atoms with Crippen LogP contribution in [0.15, 0.2) is 67.3 Å². The topological polar surface area (TPSA) is 129 Å². The minimum Gasteiger partial charge on any atom is -0.475 e. The number of pyridine rings is 1. The number of hydrogen-bond donors (Lipinski definition) is 1. The smallest absolute Gasteiger partial charge is 0.236 e. The third-order valence-electron chi connectivity index (χ3n) is 10.2. The number of H-pyrrole nitrogens is 1. The summed E-state index contributed by atoms with van der Waals surface area (Å²) in [6.45, 7) is 15.4. The first kappa shape index (κ1) is 34.2. The van der Waals surface area contributed by atoms with Crippen molar-refractivity contribution in [2.24, 2.45) is 12.5 Å². The van der Waals surface area contributed by atoms with E-state index in [1.54, 1.807) is 22.1 Å². The van der Waals surface area contributed by atoms with Crippen LogP contribution in [0, 0.1) is 12.3 Å². The number of piperazine rings is 1. The van der Waals surface area contributed by atoms with E-state index >= 15 is 0 Å². The molecule has 7 rings (SSSR count). The van der Waals surface area contributed by atoms with Crippen molar-refractivity contribution < 1.29 is 14.3 Å². The predicted octanol–water partition coefficient (Wildman–Crippen LogP) is 4.16. The zero-order chi connectivity index (χ0) is 35.7. The number of benzene rings is 1. The lowest BCUT2D eigenvalue weighted by molar-refractivity contribution is -0.135. The second-order valence-corrected chi connectivity index (χ2v) is 14.1. The van der Waals surface area contributed by atoms with Crippen LogP contribution in [0.25, 0.3) is 28.7 Å². The Morgan fingerprint density at radius 1 is 1.02 bits per heavy atom. The van der Waals surface area contributed by atoms with Gasteiger partial charge in [-0.2, -0.15) is 10.2 Å². The number of amides is 2. The van der Waals surface area contributed by atoms with Crippen LogP contribution in [0.3, 0.4) is 0 Å². The molecule has 13 heteroatoms. The quantitative estimate of drug-likeness (QED) is 0.244. The molecular weight excluding hydrogens is 644 g/mol. The first-order valence-electron chi connectivity index (χ1n) is 17.7. The minimum atomic E-state index is -0.470. The van der Waals surface area contributed by atoms with Crippen LogP contribution in [0.2, 0.25) is 0 Å². The highest BCUT2D eigenvalue weighted by molar-refractivity contribution is 5.88. The maximum Gasteiger partial charge on any atom is 0.236 e. The Bertz CT molecular complexity index is 1920. The van der Waals surface area contributed by atoms with E-state index in [2.05, 4.69) is 53.8 Å². The van der Waals surface area contributed by atoms with Gasteiger partial charge in [-0.25, -0.2) is 9.97 Å². The van der Waals surface area contributed by atoms with Crippen molar-refractivity contribution in [3.8, 4) is 28.5 Å². The van der Waals surface area contributed by atoms with Crippen molar-refractivity contribution >= 4 is 23.6 Å². The summed E-state index contributed by atoms with van der Waals surface area (Å²) in [4.78, 5) is 44.1. The van der Waals surface area contributed by atoms with Crippen molar-refractivity contribution in [3.63, 3.8) is 0 Å². The zero-order valence-corrected chi connectivity index (χ0v) is 29.9. The van der Waals surface area contributed by atoms with Gasteiger partial charge in [0.25, 0.3) is 0 Å². The number of ether oxygens (including phenoxy) is 1. The van der Waals surface area contributed by atoms with Crippen molar-refractivity contribution in [1.29, 1.82) is 0 Å². The molecule has 13 nitrogen and oxygen atoms in total.